The third-order valence-corrected chi connectivity index (χ3v) is 3.85. The largest absolute Gasteiger partial charge is 0.374 e. The first-order valence-corrected chi connectivity index (χ1v) is 6.04. The van der Waals surface area contributed by atoms with Crippen molar-refractivity contribution in [3.05, 3.63) is 52.0 Å². The van der Waals surface area contributed by atoms with Gasteiger partial charge in [-0.1, -0.05) is 24.3 Å². The molecule has 16 heavy (non-hydrogen) atoms. The van der Waals surface area contributed by atoms with E-state index in [0.29, 0.717) is 13.2 Å². The fourth-order valence-electron chi connectivity index (χ4n) is 2.10. The number of aromatic nitrogens is 1. The van der Waals surface area contributed by atoms with Gasteiger partial charge >= 0.3 is 0 Å². The normalized spacial score (nSPS) is 24.1. The number of benzene rings is 1. The summed E-state index contributed by atoms with van der Waals surface area (Å²) < 4.78 is 5.58. The molecule has 0 saturated carbocycles. The second-order valence-corrected chi connectivity index (χ2v) is 4.85. The topological polar surface area (TPSA) is 48.1 Å². The summed E-state index contributed by atoms with van der Waals surface area (Å²) >= 11 is 1.58. The Labute approximate surface area is 97.9 Å². The Balaban J connectivity index is 2.17. The first kappa shape index (κ1) is 9.96. The van der Waals surface area contributed by atoms with E-state index in [4.69, 9.17) is 10.5 Å². The average Bonchev–Trinajstić information content (AvgIpc) is 2.84. The molecule has 0 aliphatic carbocycles. The SMILES string of the molecule is NC1(c2nccs2)COCc2ccccc21. The van der Waals surface area contributed by atoms with Crippen LogP contribution in [0.5, 0.6) is 0 Å². The van der Waals surface area contributed by atoms with E-state index >= 15 is 0 Å². The van der Waals surface area contributed by atoms with E-state index in [9.17, 15) is 0 Å². The van der Waals surface area contributed by atoms with Crippen LogP contribution >= 0.6 is 11.3 Å². The maximum atomic E-state index is 6.46. The van der Waals surface area contributed by atoms with E-state index in [1.807, 2.05) is 17.5 Å². The standard InChI is InChI=1S/C12H12N2OS/c13-12(11-14-5-6-16-11)8-15-7-9-3-1-2-4-10(9)12/h1-6H,7-8,13H2. The quantitative estimate of drug-likeness (QED) is 0.816. The van der Waals surface area contributed by atoms with Crippen molar-refractivity contribution >= 4 is 11.3 Å². The van der Waals surface area contributed by atoms with Gasteiger partial charge in [0.1, 0.15) is 10.5 Å². The summed E-state index contributed by atoms with van der Waals surface area (Å²) in [5.74, 6) is 0. The molecule has 2 heterocycles. The minimum Gasteiger partial charge on any atom is -0.374 e. The molecule has 1 aromatic heterocycles. The number of hydrogen-bond acceptors (Lipinski definition) is 4. The number of fused-ring (bicyclic) bond motifs is 1. The van der Waals surface area contributed by atoms with Crippen LogP contribution in [-0.2, 0) is 16.9 Å². The molecule has 1 unspecified atom stereocenters. The Kier molecular flexibility index (Phi) is 2.28. The van der Waals surface area contributed by atoms with Crippen LogP contribution in [0.15, 0.2) is 35.8 Å². The first-order chi connectivity index (χ1) is 7.81. The molecular formula is C12H12N2OS. The molecule has 82 valence electrons. The van der Waals surface area contributed by atoms with Crippen molar-refractivity contribution in [1.29, 1.82) is 0 Å². The monoisotopic (exact) mass is 232 g/mol. The van der Waals surface area contributed by atoms with E-state index in [0.717, 1.165) is 16.1 Å². The molecule has 0 fully saturated rings. The highest BCUT2D eigenvalue weighted by atomic mass is 32.1. The second-order valence-electron chi connectivity index (χ2n) is 3.96. The Hall–Kier alpha value is -1.23. The average molecular weight is 232 g/mol. The van der Waals surface area contributed by atoms with E-state index < -0.39 is 5.54 Å². The van der Waals surface area contributed by atoms with Crippen LogP contribution in [0.4, 0.5) is 0 Å². The molecule has 1 aliphatic heterocycles. The second kappa shape index (κ2) is 3.66. The van der Waals surface area contributed by atoms with E-state index in [-0.39, 0.29) is 0 Å². The number of rotatable bonds is 1. The highest BCUT2D eigenvalue weighted by Crippen LogP contribution is 2.34. The van der Waals surface area contributed by atoms with Gasteiger partial charge in [-0.3, -0.25) is 0 Å². The summed E-state index contributed by atoms with van der Waals surface area (Å²) in [6, 6.07) is 8.15. The smallest absolute Gasteiger partial charge is 0.119 e. The molecule has 2 N–H and O–H groups in total. The highest BCUT2D eigenvalue weighted by molar-refractivity contribution is 7.09. The van der Waals surface area contributed by atoms with Gasteiger partial charge in [0.25, 0.3) is 0 Å². The number of nitrogens with zero attached hydrogens (tertiary/aromatic N) is 1. The van der Waals surface area contributed by atoms with Crippen molar-refractivity contribution in [3.8, 4) is 0 Å². The lowest BCUT2D eigenvalue weighted by atomic mass is 9.87. The Morgan fingerprint density at radius 2 is 2.25 bits per heavy atom. The van der Waals surface area contributed by atoms with Gasteiger partial charge in [0.05, 0.1) is 13.2 Å². The summed E-state index contributed by atoms with van der Waals surface area (Å²) in [6.45, 7) is 1.14. The molecule has 1 aliphatic rings. The Bertz CT molecular complexity index is 497. The van der Waals surface area contributed by atoms with Gasteiger partial charge in [-0.25, -0.2) is 4.98 Å². The van der Waals surface area contributed by atoms with Gasteiger partial charge in [-0.2, -0.15) is 0 Å². The third kappa shape index (κ3) is 1.38. The maximum Gasteiger partial charge on any atom is 0.119 e. The van der Waals surface area contributed by atoms with Gasteiger partial charge < -0.3 is 10.5 Å². The van der Waals surface area contributed by atoms with E-state index in [1.54, 1.807) is 17.5 Å². The summed E-state index contributed by atoms with van der Waals surface area (Å²) in [5.41, 5.74) is 8.17. The van der Waals surface area contributed by atoms with Crippen molar-refractivity contribution in [2.24, 2.45) is 5.73 Å². The third-order valence-electron chi connectivity index (χ3n) is 2.90. The maximum absolute atomic E-state index is 6.46. The zero-order valence-corrected chi connectivity index (χ0v) is 9.54. The van der Waals surface area contributed by atoms with Gasteiger partial charge in [0, 0.05) is 11.6 Å². The Morgan fingerprint density at radius 1 is 1.38 bits per heavy atom. The molecule has 3 rings (SSSR count). The molecule has 0 saturated heterocycles. The molecule has 0 radical (unpaired) electrons. The van der Waals surface area contributed by atoms with Gasteiger partial charge in [0.2, 0.25) is 0 Å². The first-order valence-electron chi connectivity index (χ1n) is 5.16. The van der Waals surface area contributed by atoms with Crippen LogP contribution in [0, 0.1) is 0 Å². The van der Waals surface area contributed by atoms with Gasteiger partial charge in [-0.05, 0) is 11.1 Å². The van der Waals surface area contributed by atoms with Crippen LogP contribution in [0.1, 0.15) is 16.1 Å². The number of hydrogen-bond donors (Lipinski definition) is 1. The van der Waals surface area contributed by atoms with Crippen LogP contribution in [-0.4, -0.2) is 11.6 Å². The molecule has 1 atom stereocenters. The van der Waals surface area contributed by atoms with E-state index in [2.05, 4.69) is 17.1 Å². The summed E-state index contributed by atoms with van der Waals surface area (Å²) in [5, 5.41) is 2.86. The number of thiazole rings is 1. The van der Waals surface area contributed by atoms with Crippen molar-refractivity contribution in [1.82, 2.24) is 4.98 Å². The van der Waals surface area contributed by atoms with Crippen molar-refractivity contribution in [2.75, 3.05) is 6.61 Å². The molecule has 3 nitrogen and oxygen atoms in total. The zero-order valence-electron chi connectivity index (χ0n) is 8.72. The summed E-state index contributed by atoms with van der Waals surface area (Å²) in [4.78, 5) is 4.32. The molecular weight excluding hydrogens is 220 g/mol. The lowest BCUT2D eigenvalue weighted by molar-refractivity contribution is 0.0672. The van der Waals surface area contributed by atoms with Crippen LogP contribution < -0.4 is 5.73 Å². The molecule has 1 aromatic carbocycles. The number of nitrogens with two attached hydrogens (primary N) is 1. The van der Waals surface area contributed by atoms with Crippen LogP contribution in [0.25, 0.3) is 0 Å². The zero-order chi connectivity index (χ0) is 11.0. The van der Waals surface area contributed by atoms with Crippen molar-refractivity contribution < 1.29 is 4.74 Å². The minimum atomic E-state index is -0.580. The molecule has 0 spiro atoms. The van der Waals surface area contributed by atoms with Gasteiger partial charge in [-0.15, -0.1) is 11.3 Å². The molecule has 0 amide bonds. The molecule has 4 heteroatoms. The lowest BCUT2D eigenvalue weighted by Crippen LogP contribution is -2.45. The van der Waals surface area contributed by atoms with Crippen LogP contribution in [0.3, 0.4) is 0 Å². The number of ether oxygens (including phenoxy) is 1. The van der Waals surface area contributed by atoms with Crippen molar-refractivity contribution in [3.63, 3.8) is 0 Å². The lowest BCUT2D eigenvalue weighted by Gasteiger charge is -2.33. The molecule has 2 aromatic rings. The predicted molar refractivity (Wildman–Crippen MR) is 63.2 cm³/mol. The highest BCUT2D eigenvalue weighted by Gasteiger charge is 2.37. The van der Waals surface area contributed by atoms with Crippen molar-refractivity contribution in [2.45, 2.75) is 12.1 Å². The summed E-state index contributed by atoms with van der Waals surface area (Å²) in [7, 11) is 0. The fourth-order valence-corrected chi connectivity index (χ4v) is 2.85. The van der Waals surface area contributed by atoms with E-state index in [1.165, 1.54) is 0 Å². The Morgan fingerprint density at radius 3 is 3.06 bits per heavy atom. The van der Waals surface area contributed by atoms with Gasteiger partial charge in [0.15, 0.2) is 0 Å². The predicted octanol–water partition coefficient (Wildman–Crippen LogP) is 1.88. The molecule has 0 bridgehead atoms. The summed E-state index contributed by atoms with van der Waals surface area (Å²) in [6.07, 6.45) is 1.78. The fraction of sp³-hybridized carbons (Fsp3) is 0.250. The minimum absolute atomic E-state index is 0.498. The van der Waals surface area contributed by atoms with Crippen LogP contribution in [0.2, 0.25) is 0 Å².